The van der Waals surface area contributed by atoms with Gasteiger partial charge in [0.05, 0.1) is 23.5 Å². The third-order valence-electron chi connectivity index (χ3n) is 3.75. The van der Waals surface area contributed by atoms with Crippen molar-refractivity contribution in [1.29, 1.82) is 0 Å². The quantitative estimate of drug-likeness (QED) is 0.564. The number of nitrogens with zero attached hydrogens (tertiary/aromatic N) is 3. The molecule has 27 heavy (non-hydrogen) atoms. The minimum absolute atomic E-state index is 0.0748. The minimum Gasteiger partial charge on any atom is -0.352 e. The SMILES string of the molecule is Cc1nn(-c2ccc(F)cc2)c(Cl)c1C(=O)NCCCN(C)CC(F)(F)F. The molecule has 1 aromatic carbocycles. The molecule has 0 spiro atoms. The smallest absolute Gasteiger partial charge is 0.352 e. The highest BCUT2D eigenvalue weighted by Gasteiger charge is 2.28. The molecule has 2 rings (SSSR count). The topological polar surface area (TPSA) is 50.2 Å². The van der Waals surface area contributed by atoms with Crippen LogP contribution in [-0.2, 0) is 0 Å². The third kappa shape index (κ3) is 5.93. The average Bonchev–Trinajstić information content (AvgIpc) is 2.85. The molecular weight excluding hydrogens is 388 g/mol. The van der Waals surface area contributed by atoms with Crippen molar-refractivity contribution in [2.24, 2.45) is 0 Å². The number of rotatable bonds is 7. The summed E-state index contributed by atoms with van der Waals surface area (Å²) in [5.41, 5.74) is 1.05. The van der Waals surface area contributed by atoms with Crippen molar-refractivity contribution in [3.05, 3.63) is 46.5 Å². The number of hydrogen-bond acceptors (Lipinski definition) is 3. The lowest BCUT2D eigenvalue weighted by Crippen LogP contribution is -2.33. The van der Waals surface area contributed by atoms with E-state index in [0.29, 0.717) is 17.8 Å². The summed E-state index contributed by atoms with van der Waals surface area (Å²) in [7, 11) is 1.36. The van der Waals surface area contributed by atoms with Crippen LogP contribution in [0.5, 0.6) is 0 Å². The Morgan fingerprint density at radius 2 is 1.93 bits per heavy atom. The van der Waals surface area contributed by atoms with Crippen molar-refractivity contribution in [2.75, 3.05) is 26.7 Å². The first-order valence-corrected chi connectivity index (χ1v) is 8.51. The molecule has 0 aliphatic heterocycles. The number of alkyl halides is 3. The van der Waals surface area contributed by atoms with Gasteiger partial charge in [0.25, 0.3) is 5.91 Å². The van der Waals surface area contributed by atoms with Crippen molar-refractivity contribution >= 4 is 17.5 Å². The van der Waals surface area contributed by atoms with Crippen LogP contribution in [0.25, 0.3) is 5.69 Å². The molecule has 1 aromatic heterocycles. The summed E-state index contributed by atoms with van der Waals surface area (Å²) in [5, 5.41) is 6.90. The zero-order valence-corrected chi connectivity index (χ0v) is 15.5. The lowest BCUT2D eigenvalue weighted by Gasteiger charge is -2.18. The van der Waals surface area contributed by atoms with E-state index in [1.165, 1.54) is 36.0 Å². The molecule has 0 atom stereocenters. The Kier molecular flexibility index (Phi) is 6.83. The van der Waals surface area contributed by atoms with E-state index in [-0.39, 0.29) is 23.8 Å². The highest BCUT2D eigenvalue weighted by atomic mass is 35.5. The van der Waals surface area contributed by atoms with Crippen LogP contribution < -0.4 is 5.32 Å². The second-order valence-corrected chi connectivity index (χ2v) is 6.46. The first-order chi connectivity index (χ1) is 12.6. The Labute approximate surface area is 158 Å². The fraction of sp³-hybridized carbons (Fsp3) is 0.412. The summed E-state index contributed by atoms with van der Waals surface area (Å²) >= 11 is 6.25. The lowest BCUT2D eigenvalue weighted by molar-refractivity contribution is -0.143. The van der Waals surface area contributed by atoms with Gasteiger partial charge in [0.1, 0.15) is 11.0 Å². The molecule has 0 fully saturated rings. The Balaban J connectivity index is 1.96. The highest BCUT2D eigenvalue weighted by molar-refractivity contribution is 6.33. The summed E-state index contributed by atoms with van der Waals surface area (Å²) in [5.74, 6) is -0.878. The second-order valence-electron chi connectivity index (χ2n) is 6.10. The van der Waals surface area contributed by atoms with Gasteiger partial charge >= 0.3 is 6.18 Å². The molecule has 2 aromatic rings. The maximum atomic E-state index is 13.0. The predicted octanol–water partition coefficient (Wildman–Crippen LogP) is 3.59. The molecule has 0 radical (unpaired) electrons. The zero-order valence-electron chi connectivity index (χ0n) is 14.8. The Morgan fingerprint density at radius 1 is 1.30 bits per heavy atom. The van der Waals surface area contributed by atoms with Crippen LogP contribution in [-0.4, -0.2) is 53.4 Å². The average molecular weight is 407 g/mol. The predicted molar refractivity (Wildman–Crippen MR) is 93.8 cm³/mol. The summed E-state index contributed by atoms with van der Waals surface area (Å²) < 4.78 is 51.2. The molecule has 10 heteroatoms. The van der Waals surface area contributed by atoms with Crippen molar-refractivity contribution in [2.45, 2.75) is 19.5 Å². The molecule has 5 nitrogen and oxygen atoms in total. The summed E-state index contributed by atoms with van der Waals surface area (Å²) in [6.45, 7) is 0.980. The van der Waals surface area contributed by atoms with E-state index < -0.39 is 24.4 Å². The van der Waals surface area contributed by atoms with Gasteiger partial charge in [0, 0.05) is 6.54 Å². The number of carbonyl (C=O) groups is 1. The number of hydrogen-bond donors (Lipinski definition) is 1. The molecule has 1 amide bonds. The van der Waals surface area contributed by atoms with Gasteiger partial charge < -0.3 is 5.32 Å². The molecule has 0 unspecified atom stereocenters. The molecule has 0 aliphatic rings. The van der Waals surface area contributed by atoms with E-state index in [4.69, 9.17) is 11.6 Å². The summed E-state index contributed by atoms with van der Waals surface area (Å²) in [6, 6.07) is 5.46. The standard InChI is InChI=1S/C17H19ClF4N4O/c1-11-14(15(18)26(24-11)13-6-4-12(19)5-7-13)16(27)23-8-3-9-25(2)10-17(20,21)22/h4-7H,3,8-10H2,1-2H3,(H,23,27). The van der Waals surface area contributed by atoms with Crippen LogP contribution >= 0.6 is 11.6 Å². The lowest BCUT2D eigenvalue weighted by atomic mass is 10.2. The van der Waals surface area contributed by atoms with Crippen LogP contribution in [0.15, 0.2) is 24.3 Å². The minimum atomic E-state index is -4.25. The van der Waals surface area contributed by atoms with Crippen LogP contribution in [0.4, 0.5) is 17.6 Å². The molecule has 0 bridgehead atoms. The van der Waals surface area contributed by atoms with Crippen molar-refractivity contribution in [3.8, 4) is 5.69 Å². The Hall–Kier alpha value is -2.13. The number of nitrogens with one attached hydrogen (secondary N) is 1. The monoisotopic (exact) mass is 406 g/mol. The van der Waals surface area contributed by atoms with Gasteiger partial charge in [-0.1, -0.05) is 11.6 Å². The van der Waals surface area contributed by atoms with Crippen molar-refractivity contribution < 1.29 is 22.4 Å². The maximum Gasteiger partial charge on any atom is 0.401 e. The fourth-order valence-electron chi connectivity index (χ4n) is 2.53. The number of benzene rings is 1. The first kappa shape index (κ1) is 21.2. The molecular formula is C17H19ClF4N4O. The fourth-order valence-corrected chi connectivity index (χ4v) is 2.89. The molecule has 0 saturated carbocycles. The van der Waals surface area contributed by atoms with Crippen LogP contribution in [0.1, 0.15) is 22.5 Å². The van der Waals surface area contributed by atoms with Crippen molar-refractivity contribution in [1.82, 2.24) is 20.0 Å². The summed E-state index contributed by atoms with van der Waals surface area (Å²) in [4.78, 5) is 13.5. The van der Waals surface area contributed by atoms with Gasteiger partial charge in [-0.2, -0.15) is 18.3 Å². The summed E-state index contributed by atoms with van der Waals surface area (Å²) in [6.07, 6.45) is -3.90. The van der Waals surface area contributed by atoms with Gasteiger partial charge in [-0.05, 0) is 51.2 Å². The normalized spacial score (nSPS) is 11.9. The molecule has 1 N–H and O–H groups in total. The number of halogens is 5. The van der Waals surface area contributed by atoms with E-state index >= 15 is 0 Å². The van der Waals surface area contributed by atoms with Gasteiger partial charge in [0.2, 0.25) is 0 Å². The molecule has 0 aliphatic carbocycles. The number of carbonyl (C=O) groups excluding carboxylic acids is 1. The van der Waals surface area contributed by atoms with Crippen molar-refractivity contribution in [3.63, 3.8) is 0 Å². The van der Waals surface area contributed by atoms with E-state index in [0.717, 1.165) is 4.90 Å². The number of amides is 1. The van der Waals surface area contributed by atoms with Gasteiger partial charge in [-0.3, -0.25) is 9.69 Å². The molecule has 1 heterocycles. The van der Waals surface area contributed by atoms with E-state index in [2.05, 4.69) is 10.4 Å². The van der Waals surface area contributed by atoms with Gasteiger partial charge in [-0.15, -0.1) is 0 Å². The second kappa shape index (κ2) is 8.71. The van der Waals surface area contributed by atoms with E-state index in [9.17, 15) is 22.4 Å². The highest BCUT2D eigenvalue weighted by Crippen LogP contribution is 2.23. The third-order valence-corrected chi connectivity index (χ3v) is 4.10. The molecule has 0 saturated heterocycles. The van der Waals surface area contributed by atoms with Crippen LogP contribution in [0, 0.1) is 12.7 Å². The number of aryl methyl sites for hydroxylation is 1. The van der Waals surface area contributed by atoms with Gasteiger partial charge in [0.15, 0.2) is 0 Å². The van der Waals surface area contributed by atoms with E-state index in [1.807, 2.05) is 0 Å². The first-order valence-electron chi connectivity index (χ1n) is 8.13. The zero-order chi connectivity index (χ0) is 20.2. The Bertz CT molecular complexity index is 789. The largest absolute Gasteiger partial charge is 0.401 e. The molecule has 148 valence electrons. The number of aromatic nitrogens is 2. The van der Waals surface area contributed by atoms with E-state index in [1.54, 1.807) is 6.92 Å². The van der Waals surface area contributed by atoms with Crippen LogP contribution in [0.2, 0.25) is 5.15 Å². The van der Waals surface area contributed by atoms with Crippen LogP contribution in [0.3, 0.4) is 0 Å². The van der Waals surface area contributed by atoms with Gasteiger partial charge in [-0.25, -0.2) is 9.07 Å². The Morgan fingerprint density at radius 3 is 2.52 bits per heavy atom. The maximum absolute atomic E-state index is 13.0.